The van der Waals surface area contributed by atoms with Crippen molar-refractivity contribution in [1.82, 2.24) is 10.2 Å². The van der Waals surface area contributed by atoms with Gasteiger partial charge in [0, 0.05) is 6.54 Å². The van der Waals surface area contributed by atoms with E-state index in [9.17, 15) is 19.8 Å². The van der Waals surface area contributed by atoms with Crippen molar-refractivity contribution in [2.75, 3.05) is 19.6 Å². The second-order valence-electron chi connectivity index (χ2n) is 5.79. The Balaban J connectivity index is 1.58. The Morgan fingerprint density at radius 2 is 2.04 bits per heavy atom. The van der Waals surface area contributed by atoms with Gasteiger partial charge in [-0.2, -0.15) is 0 Å². The third-order valence-corrected chi connectivity index (χ3v) is 4.08. The maximum Gasteiger partial charge on any atom is 0.343 e. The molecule has 0 radical (unpaired) electrons. The fourth-order valence-corrected chi connectivity index (χ4v) is 2.83. The maximum atomic E-state index is 12.2. The number of nitrogens with one attached hydrogen (secondary N) is 1. The molecule has 23 heavy (non-hydrogen) atoms. The van der Waals surface area contributed by atoms with Crippen LogP contribution in [0.25, 0.3) is 0 Å². The van der Waals surface area contributed by atoms with Crippen LogP contribution in [0.5, 0.6) is 11.5 Å². The normalized spacial score (nSPS) is 24.3. The van der Waals surface area contributed by atoms with Crippen molar-refractivity contribution < 1.29 is 29.6 Å². The molecule has 0 spiro atoms. The molecule has 2 heterocycles. The van der Waals surface area contributed by atoms with Crippen LogP contribution in [0.2, 0.25) is 0 Å². The molecular weight excluding hydrogens is 304 g/mol. The summed E-state index contributed by atoms with van der Waals surface area (Å²) in [5.74, 6) is -1.62. The van der Waals surface area contributed by atoms with Gasteiger partial charge in [-0.1, -0.05) is 6.07 Å². The van der Waals surface area contributed by atoms with Gasteiger partial charge in [0.1, 0.15) is 23.2 Å². The third kappa shape index (κ3) is 3.08. The summed E-state index contributed by atoms with van der Waals surface area (Å²) in [6, 6.07) is 3.89. The van der Waals surface area contributed by atoms with Crippen molar-refractivity contribution in [3.63, 3.8) is 0 Å². The van der Waals surface area contributed by atoms with Crippen LogP contribution in [0.3, 0.4) is 0 Å². The summed E-state index contributed by atoms with van der Waals surface area (Å²) in [6.45, 7) is 1.11. The number of carbonyl (C=O) groups is 2. The molecule has 2 aliphatic rings. The van der Waals surface area contributed by atoms with Crippen LogP contribution in [0, 0.1) is 0 Å². The van der Waals surface area contributed by atoms with Crippen molar-refractivity contribution in [3.05, 3.63) is 23.8 Å². The Labute approximate surface area is 132 Å². The molecule has 2 fully saturated rings. The second kappa shape index (κ2) is 6.05. The van der Waals surface area contributed by atoms with Gasteiger partial charge in [0.2, 0.25) is 5.91 Å². The average Bonchev–Trinajstić information content (AvgIpc) is 2.88. The topological polar surface area (TPSA) is 119 Å². The molecule has 0 unspecified atom stereocenters. The molecule has 124 valence electrons. The molecule has 1 aromatic rings. The summed E-state index contributed by atoms with van der Waals surface area (Å²) >= 11 is 0. The number of likely N-dealkylation sites (tertiary alicyclic amines) is 1. The van der Waals surface area contributed by atoms with Crippen LogP contribution in [0.1, 0.15) is 16.8 Å². The molecule has 2 atom stereocenters. The highest BCUT2D eigenvalue weighted by Gasteiger charge is 2.38. The molecule has 4 N–H and O–H groups in total. The van der Waals surface area contributed by atoms with E-state index in [-0.39, 0.29) is 35.1 Å². The van der Waals surface area contributed by atoms with Gasteiger partial charge in [-0.05, 0) is 18.6 Å². The number of carbonyl (C=O) groups excluding carboxylic acids is 1. The number of rotatable bonds is 4. The first kappa shape index (κ1) is 15.6. The number of hydrogen-bond donors (Lipinski definition) is 4. The molecule has 0 aromatic heterocycles. The first-order valence-electron chi connectivity index (χ1n) is 7.38. The van der Waals surface area contributed by atoms with Gasteiger partial charge < -0.3 is 30.3 Å². The molecule has 2 saturated heterocycles. The third-order valence-electron chi connectivity index (χ3n) is 4.08. The Hall–Kier alpha value is -2.32. The number of β-amino-alcohol motifs (C(OH)–C–C–N with tert-alkyl or cyclic N) is 1. The number of carboxylic acid groups (broad SMARTS) is 1. The van der Waals surface area contributed by atoms with Gasteiger partial charge in [0.05, 0.1) is 25.2 Å². The summed E-state index contributed by atoms with van der Waals surface area (Å²) in [6.07, 6.45) is -0.413. The lowest BCUT2D eigenvalue weighted by molar-refractivity contribution is -0.142. The predicted molar refractivity (Wildman–Crippen MR) is 78.5 cm³/mol. The Bertz CT molecular complexity index is 628. The lowest BCUT2D eigenvalue weighted by Crippen LogP contribution is -2.59. The number of nitrogens with zero attached hydrogens (tertiary/aromatic N) is 1. The van der Waals surface area contributed by atoms with Crippen molar-refractivity contribution in [2.45, 2.75) is 24.7 Å². The Morgan fingerprint density at radius 1 is 1.30 bits per heavy atom. The number of aromatic hydroxyl groups is 1. The molecule has 2 aliphatic heterocycles. The van der Waals surface area contributed by atoms with E-state index in [1.807, 2.05) is 0 Å². The minimum absolute atomic E-state index is 0.0870. The van der Waals surface area contributed by atoms with E-state index in [4.69, 9.17) is 9.84 Å². The molecule has 0 aliphatic carbocycles. The summed E-state index contributed by atoms with van der Waals surface area (Å²) in [5, 5.41) is 31.1. The van der Waals surface area contributed by atoms with Crippen molar-refractivity contribution in [1.29, 1.82) is 0 Å². The van der Waals surface area contributed by atoms with E-state index in [0.717, 1.165) is 0 Å². The first-order chi connectivity index (χ1) is 11.0. The first-order valence-corrected chi connectivity index (χ1v) is 7.38. The zero-order valence-electron chi connectivity index (χ0n) is 12.3. The molecule has 8 nitrogen and oxygen atoms in total. The van der Waals surface area contributed by atoms with Crippen LogP contribution in [-0.4, -0.2) is 70.0 Å². The summed E-state index contributed by atoms with van der Waals surface area (Å²) in [4.78, 5) is 24.9. The maximum absolute atomic E-state index is 12.2. The van der Waals surface area contributed by atoms with E-state index in [0.29, 0.717) is 26.1 Å². The van der Waals surface area contributed by atoms with Gasteiger partial charge in [0.25, 0.3) is 0 Å². The largest absolute Gasteiger partial charge is 0.507 e. The van der Waals surface area contributed by atoms with Crippen molar-refractivity contribution >= 4 is 11.9 Å². The summed E-state index contributed by atoms with van der Waals surface area (Å²) < 4.78 is 5.58. The van der Waals surface area contributed by atoms with E-state index in [1.54, 1.807) is 4.90 Å². The standard InChI is InChI=1S/C15H18N2O6/c18-8-4-10(16-5-8)14(20)17-6-9(7-17)23-12-3-1-2-11(19)13(12)15(21)22/h1-3,8-10,16,18-19H,4-7H2,(H,21,22)/t8-,10+/m0/s1. The fourth-order valence-electron chi connectivity index (χ4n) is 2.83. The second-order valence-corrected chi connectivity index (χ2v) is 5.79. The van der Waals surface area contributed by atoms with Crippen LogP contribution in [0.15, 0.2) is 18.2 Å². The summed E-state index contributed by atoms with van der Waals surface area (Å²) in [5.41, 5.74) is -0.280. The molecule has 8 heteroatoms. The smallest absolute Gasteiger partial charge is 0.343 e. The molecule has 0 bridgehead atoms. The molecule has 1 aromatic carbocycles. The zero-order valence-corrected chi connectivity index (χ0v) is 12.3. The number of aliphatic hydroxyl groups is 1. The number of aromatic carboxylic acids is 1. The highest BCUT2D eigenvalue weighted by atomic mass is 16.5. The van der Waals surface area contributed by atoms with Gasteiger partial charge in [0.15, 0.2) is 0 Å². The SMILES string of the molecule is O=C(O)c1c(O)cccc1OC1CN(C(=O)[C@H]2C[C@H](O)CN2)C1. The van der Waals surface area contributed by atoms with Crippen molar-refractivity contribution in [3.8, 4) is 11.5 Å². The number of hydrogen-bond acceptors (Lipinski definition) is 6. The molecule has 3 rings (SSSR count). The van der Waals surface area contributed by atoms with E-state index in [2.05, 4.69) is 5.32 Å². The van der Waals surface area contributed by atoms with Crippen molar-refractivity contribution in [2.24, 2.45) is 0 Å². The van der Waals surface area contributed by atoms with Crippen LogP contribution in [0.4, 0.5) is 0 Å². The molecule has 0 saturated carbocycles. The molecular formula is C15H18N2O6. The van der Waals surface area contributed by atoms with Gasteiger partial charge in [-0.15, -0.1) is 0 Å². The fraction of sp³-hybridized carbons (Fsp3) is 0.467. The number of aliphatic hydroxyl groups excluding tert-OH is 1. The van der Waals surface area contributed by atoms with E-state index in [1.165, 1.54) is 18.2 Å². The van der Waals surface area contributed by atoms with Crippen LogP contribution in [-0.2, 0) is 4.79 Å². The van der Waals surface area contributed by atoms with Gasteiger partial charge in [-0.3, -0.25) is 4.79 Å². The molecule has 1 amide bonds. The number of phenols is 1. The Morgan fingerprint density at radius 3 is 2.65 bits per heavy atom. The quantitative estimate of drug-likeness (QED) is 0.584. The van der Waals surface area contributed by atoms with Gasteiger partial charge in [-0.25, -0.2) is 4.79 Å². The zero-order chi connectivity index (χ0) is 16.6. The minimum Gasteiger partial charge on any atom is -0.507 e. The van der Waals surface area contributed by atoms with E-state index < -0.39 is 12.1 Å². The van der Waals surface area contributed by atoms with E-state index >= 15 is 0 Å². The number of amides is 1. The number of carboxylic acids is 1. The lowest BCUT2D eigenvalue weighted by atomic mass is 10.1. The van der Waals surface area contributed by atoms with Crippen LogP contribution < -0.4 is 10.1 Å². The highest BCUT2D eigenvalue weighted by Crippen LogP contribution is 2.29. The predicted octanol–water partition coefficient (Wildman–Crippen LogP) is -0.597. The minimum atomic E-state index is -1.27. The average molecular weight is 322 g/mol. The van der Waals surface area contributed by atoms with Gasteiger partial charge >= 0.3 is 5.97 Å². The highest BCUT2D eigenvalue weighted by molar-refractivity contribution is 5.94. The Kier molecular flexibility index (Phi) is 4.10. The summed E-state index contributed by atoms with van der Waals surface area (Å²) in [7, 11) is 0. The number of benzene rings is 1. The monoisotopic (exact) mass is 322 g/mol. The van der Waals surface area contributed by atoms with Crippen LogP contribution >= 0.6 is 0 Å². The lowest BCUT2D eigenvalue weighted by Gasteiger charge is -2.40. The number of ether oxygens (including phenoxy) is 1.